The van der Waals surface area contributed by atoms with Crippen molar-refractivity contribution in [2.24, 2.45) is 7.05 Å². The summed E-state index contributed by atoms with van der Waals surface area (Å²) in [4.78, 5) is 12.3. The summed E-state index contributed by atoms with van der Waals surface area (Å²) in [6.07, 6.45) is 0.114. The fourth-order valence-electron chi connectivity index (χ4n) is 2.28. The summed E-state index contributed by atoms with van der Waals surface area (Å²) in [6, 6.07) is 13.1. The van der Waals surface area contributed by atoms with Crippen LogP contribution in [0.2, 0.25) is 10.0 Å². The molecule has 2 aromatic carbocycles. The molecule has 27 heavy (non-hydrogen) atoms. The minimum atomic E-state index is -0.201. The van der Waals surface area contributed by atoms with Gasteiger partial charge in [0.2, 0.25) is 5.91 Å². The summed E-state index contributed by atoms with van der Waals surface area (Å²) in [7, 11) is 1.85. The molecule has 3 aromatic rings. The Morgan fingerprint density at radius 2 is 1.89 bits per heavy atom. The standard InChI is InChI=1S/C18H15BrCl2N4OS/c1-25-16(9-17(26)22-13-6-7-14(20)15(21)8-13)23-24-18(25)27-10-11-2-4-12(19)5-3-11/h2-8H,9-10H2,1H3,(H,22,26). The average molecular weight is 486 g/mol. The number of carbonyl (C=O) groups is 1. The van der Waals surface area contributed by atoms with Gasteiger partial charge in [0.15, 0.2) is 5.16 Å². The zero-order valence-electron chi connectivity index (χ0n) is 14.2. The summed E-state index contributed by atoms with van der Waals surface area (Å²) in [5, 5.41) is 12.7. The van der Waals surface area contributed by atoms with E-state index >= 15 is 0 Å². The van der Waals surface area contributed by atoms with Crippen molar-refractivity contribution in [3.63, 3.8) is 0 Å². The maximum absolute atomic E-state index is 12.3. The summed E-state index contributed by atoms with van der Waals surface area (Å²) in [6.45, 7) is 0. The van der Waals surface area contributed by atoms with E-state index in [-0.39, 0.29) is 12.3 Å². The molecule has 1 aromatic heterocycles. The van der Waals surface area contributed by atoms with Crippen LogP contribution in [0.5, 0.6) is 0 Å². The fraction of sp³-hybridized carbons (Fsp3) is 0.167. The van der Waals surface area contributed by atoms with Crippen molar-refractivity contribution in [1.29, 1.82) is 0 Å². The van der Waals surface area contributed by atoms with Gasteiger partial charge in [0, 0.05) is 23.0 Å². The minimum absolute atomic E-state index is 0.114. The van der Waals surface area contributed by atoms with Gasteiger partial charge in [-0.05, 0) is 35.9 Å². The Morgan fingerprint density at radius 1 is 1.15 bits per heavy atom. The number of amides is 1. The van der Waals surface area contributed by atoms with Crippen LogP contribution in [0.15, 0.2) is 52.1 Å². The molecule has 0 radical (unpaired) electrons. The number of nitrogens with zero attached hydrogens (tertiary/aromatic N) is 3. The molecular weight excluding hydrogens is 471 g/mol. The largest absolute Gasteiger partial charge is 0.326 e. The third-order valence-electron chi connectivity index (χ3n) is 3.73. The minimum Gasteiger partial charge on any atom is -0.326 e. The lowest BCUT2D eigenvalue weighted by atomic mass is 10.2. The molecule has 0 saturated heterocycles. The highest BCUT2D eigenvalue weighted by Gasteiger charge is 2.14. The van der Waals surface area contributed by atoms with Crippen LogP contribution in [0, 0.1) is 0 Å². The van der Waals surface area contributed by atoms with Crippen LogP contribution in [0.25, 0.3) is 0 Å². The SMILES string of the molecule is Cn1c(CC(=O)Nc2ccc(Cl)c(Cl)c2)nnc1SCc1ccc(Br)cc1. The van der Waals surface area contributed by atoms with Gasteiger partial charge in [0.05, 0.1) is 16.5 Å². The van der Waals surface area contributed by atoms with Crippen LogP contribution in [0.4, 0.5) is 5.69 Å². The van der Waals surface area contributed by atoms with E-state index in [2.05, 4.69) is 43.6 Å². The highest BCUT2D eigenvalue weighted by atomic mass is 79.9. The average Bonchev–Trinajstić information content (AvgIpc) is 2.97. The Hall–Kier alpha value is -1.54. The number of carbonyl (C=O) groups excluding carboxylic acids is 1. The van der Waals surface area contributed by atoms with Crippen LogP contribution in [-0.4, -0.2) is 20.7 Å². The molecule has 140 valence electrons. The maximum atomic E-state index is 12.3. The normalized spacial score (nSPS) is 10.8. The van der Waals surface area contributed by atoms with E-state index in [1.807, 2.05) is 23.7 Å². The zero-order chi connectivity index (χ0) is 19.4. The molecule has 1 N–H and O–H groups in total. The molecule has 0 bridgehead atoms. The Balaban J connectivity index is 1.59. The number of halogens is 3. The number of anilines is 1. The molecule has 0 spiro atoms. The molecule has 0 fully saturated rings. The monoisotopic (exact) mass is 484 g/mol. The molecule has 1 amide bonds. The Bertz CT molecular complexity index is 962. The fourth-order valence-corrected chi connectivity index (χ4v) is 3.72. The Morgan fingerprint density at radius 3 is 2.59 bits per heavy atom. The Kier molecular flexibility index (Phi) is 6.81. The Labute approximate surface area is 179 Å². The summed E-state index contributed by atoms with van der Waals surface area (Å²) >= 11 is 16.8. The van der Waals surface area contributed by atoms with Crippen LogP contribution in [-0.2, 0) is 24.0 Å². The second kappa shape index (κ2) is 9.10. The first kappa shape index (κ1) is 20.2. The number of aromatic nitrogens is 3. The van der Waals surface area contributed by atoms with E-state index in [1.54, 1.807) is 30.0 Å². The van der Waals surface area contributed by atoms with Crippen LogP contribution in [0.3, 0.4) is 0 Å². The van der Waals surface area contributed by atoms with Crippen molar-refractivity contribution in [2.45, 2.75) is 17.3 Å². The quantitative estimate of drug-likeness (QED) is 0.477. The highest BCUT2D eigenvalue weighted by Crippen LogP contribution is 2.25. The maximum Gasteiger partial charge on any atom is 0.232 e. The van der Waals surface area contributed by atoms with Crippen molar-refractivity contribution in [3.05, 3.63) is 68.4 Å². The van der Waals surface area contributed by atoms with Crippen molar-refractivity contribution >= 4 is 62.5 Å². The first-order valence-electron chi connectivity index (χ1n) is 7.93. The van der Waals surface area contributed by atoms with Crippen LogP contribution in [0.1, 0.15) is 11.4 Å². The second-order valence-electron chi connectivity index (χ2n) is 5.73. The van der Waals surface area contributed by atoms with E-state index in [4.69, 9.17) is 23.2 Å². The van der Waals surface area contributed by atoms with Gasteiger partial charge in [-0.3, -0.25) is 4.79 Å². The third-order valence-corrected chi connectivity index (χ3v) is 6.09. The van der Waals surface area contributed by atoms with Crippen molar-refractivity contribution in [2.75, 3.05) is 5.32 Å². The van der Waals surface area contributed by atoms with Crippen molar-refractivity contribution in [1.82, 2.24) is 14.8 Å². The van der Waals surface area contributed by atoms with E-state index in [1.165, 1.54) is 5.56 Å². The predicted molar refractivity (Wildman–Crippen MR) is 114 cm³/mol. The van der Waals surface area contributed by atoms with Crippen LogP contribution >= 0.6 is 50.9 Å². The van der Waals surface area contributed by atoms with E-state index < -0.39 is 0 Å². The molecule has 0 atom stereocenters. The van der Waals surface area contributed by atoms with E-state index in [0.717, 1.165) is 15.4 Å². The number of hydrogen-bond donors (Lipinski definition) is 1. The zero-order valence-corrected chi connectivity index (χ0v) is 18.2. The predicted octanol–water partition coefficient (Wildman–Crippen LogP) is 5.36. The molecule has 1 heterocycles. The number of rotatable bonds is 6. The van der Waals surface area contributed by atoms with Gasteiger partial charge >= 0.3 is 0 Å². The molecular formula is C18H15BrCl2N4OS. The number of hydrogen-bond acceptors (Lipinski definition) is 4. The van der Waals surface area contributed by atoms with Crippen molar-refractivity contribution in [3.8, 4) is 0 Å². The van der Waals surface area contributed by atoms with Crippen LogP contribution < -0.4 is 5.32 Å². The number of thioether (sulfide) groups is 1. The molecule has 0 unspecified atom stereocenters. The topological polar surface area (TPSA) is 59.8 Å². The molecule has 0 aliphatic heterocycles. The first-order chi connectivity index (χ1) is 12.9. The molecule has 0 saturated carbocycles. The highest BCUT2D eigenvalue weighted by molar-refractivity contribution is 9.10. The molecule has 0 aliphatic carbocycles. The first-order valence-corrected chi connectivity index (χ1v) is 10.5. The van der Waals surface area contributed by atoms with Gasteiger partial charge in [0.25, 0.3) is 0 Å². The van der Waals surface area contributed by atoms with Gasteiger partial charge < -0.3 is 9.88 Å². The lowest BCUT2D eigenvalue weighted by Crippen LogP contribution is -2.17. The lowest BCUT2D eigenvalue weighted by Gasteiger charge is -2.07. The molecule has 0 aliphatic rings. The van der Waals surface area contributed by atoms with E-state index in [9.17, 15) is 4.79 Å². The van der Waals surface area contributed by atoms with Gasteiger partial charge in [-0.2, -0.15) is 0 Å². The number of nitrogens with one attached hydrogen (secondary N) is 1. The summed E-state index contributed by atoms with van der Waals surface area (Å²) in [5.74, 6) is 1.16. The molecule has 9 heteroatoms. The van der Waals surface area contributed by atoms with E-state index in [0.29, 0.717) is 21.6 Å². The van der Waals surface area contributed by atoms with Gasteiger partial charge in [-0.1, -0.05) is 63.0 Å². The summed E-state index contributed by atoms with van der Waals surface area (Å²) in [5.41, 5.74) is 1.77. The van der Waals surface area contributed by atoms with Crippen molar-refractivity contribution < 1.29 is 4.79 Å². The summed E-state index contributed by atoms with van der Waals surface area (Å²) < 4.78 is 2.88. The number of benzene rings is 2. The second-order valence-corrected chi connectivity index (χ2v) is 8.40. The molecule has 5 nitrogen and oxygen atoms in total. The van der Waals surface area contributed by atoms with Gasteiger partial charge in [0.1, 0.15) is 5.82 Å². The molecule has 3 rings (SSSR count). The third kappa shape index (κ3) is 5.48. The van der Waals surface area contributed by atoms with Gasteiger partial charge in [-0.25, -0.2) is 0 Å². The van der Waals surface area contributed by atoms with Gasteiger partial charge in [-0.15, -0.1) is 10.2 Å². The lowest BCUT2D eigenvalue weighted by molar-refractivity contribution is -0.115. The smallest absolute Gasteiger partial charge is 0.232 e.